The van der Waals surface area contributed by atoms with Gasteiger partial charge in [-0.2, -0.15) is 0 Å². The van der Waals surface area contributed by atoms with E-state index in [0.717, 1.165) is 45.4 Å². The van der Waals surface area contributed by atoms with Gasteiger partial charge in [-0.3, -0.25) is 9.69 Å². The molecular weight excluding hydrogens is 297 g/mol. The molecule has 3 heterocycles. The van der Waals surface area contributed by atoms with E-state index in [1.165, 1.54) is 19.4 Å². The highest BCUT2D eigenvalue weighted by molar-refractivity contribution is 5.87. The minimum atomic E-state index is -0.235. The van der Waals surface area contributed by atoms with Crippen LogP contribution in [0.1, 0.15) is 39.0 Å². The highest BCUT2D eigenvalue weighted by atomic mass is 35.5. The van der Waals surface area contributed by atoms with Gasteiger partial charge in [0.1, 0.15) is 0 Å². The second-order valence-electron chi connectivity index (χ2n) is 6.05. The number of hydrogen-bond donors (Lipinski definition) is 1. The van der Waals surface area contributed by atoms with Gasteiger partial charge in [0.2, 0.25) is 5.91 Å². The first-order valence-electron chi connectivity index (χ1n) is 7.54. The van der Waals surface area contributed by atoms with Crippen LogP contribution in [0.4, 0.5) is 0 Å². The van der Waals surface area contributed by atoms with Crippen molar-refractivity contribution in [3.63, 3.8) is 0 Å². The van der Waals surface area contributed by atoms with Crippen LogP contribution in [0.15, 0.2) is 0 Å². The van der Waals surface area contributed by atoms with Gasteiger partial charge in [0.25, 0.3) is 0 Å². The Bertz CT molecular complexity index is 334. The van der Waals surface area contributed by atoms with E-state index in [4.69, 9.17) is 0 Å². The van der Waals surface area contributed by atoms with E-state index in [1.54, 1.807) is 0 Å². The summed E-state index contributed by atoms with van der Waals surface area (Å²) in [6, 6.07) is 0.637. The van der Waals surface area contributed by atoms with Crippen molar-refractivity contribution in [3.8, 4) is 0 Å². The fourth-order valence-corrected chi connectivity index (χ4v) is 3.92. The van der Waals surface area contributed by atoms with Crippen LogP contribution in [0, 0.1) is 0 Å². The van der Waals surface area contributed by atoms with Crippen LogP contribution in [0.25, 0.3) is 0 Å². The van der Waals surface area contributed by atoms with Crippen molar-refractivity contribution in [3.05, 3.63) is 0 Å². The van der Waals surface area contributed by atoms with Gasteiger partial charge in [-0.15, -0.1) is 24.8 Å². The van der Waals surface area contributed by atoms with Crippen molar-refractivity contribution in [1.29, 1.82) is 0 Å². The number of carbonyl (C=O) groups excluding carboxylic acids is 1. The summed E-state index contributed by atoms with van der Waals surface area (Å²) in [5, 5.41) is 3.47. The number of carbonyl (C=O) groups is 1. The summed E-state index contributed by atoms with van der Waals surface area (Å²) >= 11 is 0. The minimum Gasteiger partial charge on any atom is -0.338 e. The maximum atomic E-state index is 12.8. The number of rotatable bonds is 2. The molecule has 118 valence electrons. The second kappa shape index (κ2) is 7.30. The van der Waals surface area contributed by atoms with Gasteiger partial charge < -0.3 is 10.2 Å². The predicted molar refractivity (Wildman–Crippen MR) is 85.9 cm³/mol. The Morgan fingerprint density at radius 1 is 1.25 bits per heavy atom. The van der Waals surface area contributed by atoms with Gasteiger partial charge in [-0.05, 0) is 45.2 Å². The maximum Gasteiger partial charge on any atom is 0.242 e. The summed E-state index contributed by atoms with van der Waals surface area (Å²) in [6.45, 7) is 7.35. The lowest BCUT2D eigenvalue weighted by Gasteiger charge is -2.41. The van der Waals surface area contributed by atoms with Crippen LogP contribution in [0.3, 0.4) is 0 Å². The van der Waals surface area contributed by atoms with Crippen LogP contribution in [0.2, 0.25) is 0 Å². The van der Waals surface area contributed by atoms with Crippen LogP contribution in [-0.4, -0.2) is 60.0 Å². The van der Waals surface area contributed by atoms with Gasteiger partial charge in [0.05, 0.1) is 5.54 Å². The fraction of sp³-hybridized carbons (Fsp3) is 0.929. The second-order valence-corrected chi connectivity index (χ2v) is 6.05. The number of hydrogen-bond acceptors (Lipinski definition) is 3. The Kier molecular flexibility index (Phi) is 6.58. The van der Waals surface area contributed by atoms with Crippen LogP contribution in [0.5, 0.6) is 0 Å². The zero-order chi connectivity index (χ0) is 12.6. The summed E-state index contributed by atoms with van der Waals surface area (Å²) in [5.41, 5.74) is -0.235. The van der Waals surface area contributed by atoms with Gasteiger partial charge in [-0.1, -0.05) is 6.92 Å². The summed E-state index contributed by atoms with van der Waals surface area (Å²) in [7, 11) is 0. The third kappa shape index (κ3) is 3.08. The molecule has 0 aromatic heterocycles. The quantitative estimate of drug-likeness (QED) is 0.839. The first-order valence-corrected chi connectivity index (χ1v) is 7.54. The molecular formula is C14H27Cl2N3O. The molecule has 1 N–H and O–H groups in total. The molecule has 4 nitrogen and oxygen atoms in total. The Morgan fingerprint density at radius 2 is 2.05 bits per heavy atom. The van der Waals surface area contributed by atoms with Gasteiger partial charge in [-0.25, -0.2) is 0 Å². The minimum absolute atomic E-state index is 0. The number of piperazine rings is 1. The zero-order valence-electron chi connectivity index (χ0n) is 12.3. The highest BCUT2D eigenvalue weighted by Gasteiger charge is 2.43. The lowest BCUT2D eigenvalue weighted by Crippen LogP contribution is -2.60. The molecule has 2 atom stereocenters. The molecule has 0 aromatic rings. The summed E-state index contributed by atoms with van der Waals surface area (Å²) < 4.78 is 0. The molecule has 3 rings (SSSR count). The van der Waals surface area contributed by atoms with Crippen molar-refractivity contribution in [1.82, 2.24) is 15.1 Å². The lowest BCUT2D eigenvalue weighted by atomic mass is 9.91. The monoisotopic (exact) mass is 323 g/mol. The molecule has 0 aromatic carbocycles. The number of nitrogens with one attached hydrogen (secondary N) is 1. The first-order chi connectivity index (χ1) is 8.75. The lowest BCUT2D eigenvalue weighted by molar-refractivity contribution is -0.140. The molecule has 0 spiro atoms. The molecule has 0 bridgehead atoms. The van der Waals surface area contributed by atoms with E-state index in [9.17, 15) is 4.79 Å². The molecule has 2 unspecified atom stereocenters. The smallest absolute Gasteiger partial charge is 0.242 e. The molecule has 0 saturated carbocycles. The Morgan fingerprint density at radius 3 is 2.70 bits per heavy atom. The first kappa shape index (κ1) is 18.0. The van der Waals surface area contributed by atoms with Crippen molar-refractivity contribution in [2.24, 2.45) is 0 Å². The van der Waals surface area contributed by atoms with Crippen molar-refractivity contribution >= 4 is 30.7 Å². The van der Waals surface area contributed by atoms with E-state index < -0.39 is 0 Å². The van der Waals surface area contributed by atoms with Crippen molar-refractivity contribution in [2.45, 2.75) is 50.6 Å². The molecule has 20 heavy (non-hydrogen) atoms. The summed E-state index contributed by atoms with van der Waals surface area (Å²) in [6.07, 6.45) is 5.67. The van der Waals surface area contributed by atoms with Crippen LogP contribution < -0.4 is 5.32 Å². The summed E-state index contributed by atoms with van der Waals surface area (Å²) in [4.78, 5) is 17.5. The van der Waals surface area contributed by atoms with E-state index in [-0.39, 0.29) is 30.4 Å². The Hall–Kier alpha value is -0.0300. The molecule has 3 aliphatic rings. The number of halogens is 2. The van der Waals surface area contributed by atoms with Gasteiger partial charge in [0.15, 0.2) is 0 Å². The third-order valence-electron chi connectivity index (χ3n) is 5.13. The van der Waals surface area contributed by atoms with E-state index in [2.05, 4.69) is 22.0 Å². The Labute approximate surface area is 134 Å². The highest BCUT2D eigenvalue weighted by Crippen LogP contribution is 2.28. The summed E-state index contributed by atoms with van der Waals surface area (Å²) in [5.74, 6) is 0.369. The SMILES string of the molecule is CCC1(C(=O)N2CCN3CCCC3C2)CCCN1.Cl.Cl. The fourth-order valence-electron chi connectivity index (χ4n) is 3.92. The molecule has 3 saturated heterocycles. The number of fused-ring (bicyclic) bond motifs is 1. The van der Waals surface area contributed by atoms with E-state index in [1.807, 2.05) is 0 Å². The van der Waals surface area contributed by atoms with Crippen LogP contribution >= 0.6 is 24.8 Å². The predicted octanol–water partition coefficient (Wildman–Crippen LogP) is 1.67. The van der Waals surface area contributed by atoms with E-state index in [0.29, 0.717) is 11.9 Å². The largest absolute Gasteiger partial charge is 0.338 e. The van der Waals surface area contributed by atoms with Crippen LogP contribution in [-0.2, 0) is 4.79 Å². The average molecular weight is 324 g/mol. The molecule has 6 heteroatoms. The number of nitrogens with zero attached hydrogens (tertiary/aromatic N) is 2. The molecule has 1 amide bonds. The zero-order valence-corrected chi connectivity index (χ0v) is 13.9. The standard InChI is InChI=1S/C14H25N3O.2ClH/c1-2-14(6-4-7-15-14)13(18)17-10-9-16-8-3-5-12(16)11-17;;/h12,15H,2-11H2,1H3;2*1H. The average Bonchev–Trinajstić information content (AvgIpc) is 3.06. The normalized spacial score (nSPS) is 33.2. The number of amides is 1. The topological polar surface area (TPSA) is 35.6 Å². The molecule has 0 radical (unpaired) electrons. The molecule has 3 fully saturated rings. The van der Waals surface area contributed by atoms with Crippen molar-refractivity contribution < 1.29 is 4.79 Å². The third-order valence-corrected chi connectivity index (χ3v) is 5.13. The van der Waals surface area contributed by atoms with Crippen molar-refractivity contribution in [2.75, 3.05) is 32.7 Å². The maximum absolute atomic E-state index is 12.8. The van der Waals surface area contributed by atoms with Gasteiger partial charge >= 0.3 is 0 Å². The van der Waals surface area contributed by atoms with E-state index >= 15 is 0 Å². The molecule has 3 aliphatic heterocycles. The van der Waals surface area contributed by atoms with Gasteiger partial charge in [0, 0.05) is 25.7 Å². The Balaban J connectivity index is 0.000001000. The molecule has 0 aliphatic carbocycles.